The van der Waals surface area contributed by atoms with Gasteiger partial charge in [-0.1, -0.05) is 37.1 Å². The first kappa shape index (κ1) is 20.9. The van der Waals surface area contributed by atoms with E-state index >= 15 is 0 Å². The molecule has 0 aliphatic carbocycles. The van der Waals surface area contributed by atoms with E-state index < -0.39 is 5.97 Å². The van der Waals surface area contributed by atoms with E-state index in [-0.39, 0.29) is 17.5 Å². The molecule has 5 heteroatoms. The largest absolute Gasteiger partial charge is 0.478 e. The van der Waals surface area contributed by atoms with Gasteiger partial charge in [-0.25, -0.2) is 4.79 Å². The van der Waals surface area contributed by atoms with Gasteiger partial charge in [0.1, 0.15) is 0 Å². The van der Waals surface area contributed by atoms with Gasteiger partial charge in [0.25, 0.3) is 0 Å². The van der Waals surface area contributed by atoms with Crippen molar-refractivity contribution >= 4 is 11.9 Å². The number of nitrogens with zero attached hydrogens (tertiary/aromatic N) is 2. The quantitative estimate of drug-likeness (QED) is 0.620. The second-order valence-corrected chi connectivity index (χ2v) is 7.19. The van der Waals surface area contributed by atoms with Crippen LogP contribution in [0.5, 0.6) is 0 Å². The van der Waals surface area contributed by atoms with Crippen LogP contribution in [-0.2, 0) is 11.2 Å². The Kier molecular flexibility index (Phi) is 8.24. The Morgan fingerprint density at radius 1 is 1.37 bits per heavy atom. The number of aromatic nitrogens is 1. The summed E-state index contributed by atoms with van der Waals surface area (Å²) in [5.74, 6) is -0.764. The Balaban J connectivity index is 1.87. The zero-order chi connectivity index (χ0) is 19.6. The predicted molar refractivity (Wildman–Crippen MR) is 107 cm³/mol. The molecule has 0 bridgehead atoms. The highest BCUT2D eigenvalue weighted by Crippen LogP contribution is 2.21. The van der Waals surface area contributed by atoms with Gasteiger partial charge in [0.2, 0.25) is 5.91 Å². The van der Waals surface area contributed by atoms with E-state index in [9.17, 15) is 9.59 Å². The van der Waals surface area contributed by atoms with Crippen molar-refractivity contribution in [3.05, 3.63) is 53.4 Å². The van der Waals surface area contributed by atoms with Crippen LogP contribution in [0.15, 0.2) is 42.3 Å². The number of aromatic carboxylic acids is 1. The van der Waals surface area contributed by atoms with Gasteiger partial charge in [0.05, 0.1) is 11.6 Å². The average molecular weight is 370 g/mol. The van der Waals surface area contributed by atoms with Crippen LogP contribution >= 0.6 is 0 Å². The fourth-order valence-corrected chi connectivity index (χ4v) is 3.33. The number of hydrogen-bond acceptors (Lipinski definition) is 3. The van der Waals surface area contributed by atoms with Gasteiger partial charge in [-0.2, -0.15) is 0 Å². The van der Waals surface area contributed by atoms with Crippen molar-refractivity contribution in [1.29, 1.82) is 0 Å². The lowest BCUT2D eigenvalue weighted by atomic mass is 10.1. The number of carbonyl (C=O) groups excluding carboxylic acids is 1. The minimum Gasteiger partial charge on any atom is -0.478 e. The van der Waals surface area contributed by atoms with Crippen LogP contribution in [0, 0.1) is 0 Å². The van der Waals surface area contributed by atoms with Gasteiger partial charge in [-0.05, 0) is 50.7 Å². The predicted octanol–water partition coefficient (Wildman–Crippen LogP) is 4.40. The smallest absolute Gasteiger partial charge is 0.337 e. The zero-order valence-electron chi connectivity index (χ0n) is 16.4. The van der Waals surface area contributed by atoms with Crippen molar-refractivity contribution in [2.75, 3.05) is 6.54 Å². The number of unbranched alkanes of at least 4 members (excludes halogenated alkanes) is 1. The molecule has 1 aromatic heterocycles. The SMILES string of the molecule is CCCC/C(C)=C/C=C\[C@H]1CCC(=O)N1CCCc1cncc(C(=O)O)c1. The van der Waals surface area contributed by atoms with Gasteiger partial charge in [0, 0.05) is 25.4 Å². The van der Waals surface area contributed by atoms with E-state index in [1.165, 1.54) is 24.6 Å². The highest BCUT2D eigenvalue weighted by molar-refractivity contribution is 5.87. The fourth-order valence-electron chi connectivity index (χ4n) is 3.33. The molecule has 0 aromatic carbocycles. The topological polar surface area (TPSA) is 70.5 Å². The molecule has 1 aliphatic rings. The molecule has 0 spiro atoms. The molecular formula is C22H30N2O3. The summed E-state index contributed by atoms with van der Waals surface area (Å²) in [4.78, 5) is 29.1. The number of allylic oxidation sites excluding steroid dienone is 3. The van der Waals surface area contributed by atoms with E-state index in [1.54, 1.807) is 12.3 Å². The van der Waals surface area contributed by atoms with Crippen LogP contribution in [-0.4, -0.2) is 39.5 Å². The molecule has 2 heterocycles. The lowest BCUT2D eigenvalue weighted by Gasteiger charge is -2.22. The van der Waals surface area contributed by atoms with E-state index in [0.29, 0.717) is 19.4 Å². The number of hydrogen-bond donors (Lipinski definition) is 1. The average Bonchev–Trinajstić information content (AvgIpc) is 3.00. The number of carboxylic acids is 1. The Bertz CT molecular complexity index is 709. The summed E-state index contributed by atoms with van der Waals surface area (Å²) in [7, 11) is 0. The van der Waals surface area contributed by atoms with Gasteiger partial charge in [0.15, 0.2) is 0 Å². The van der Waals surface area contributed by atoms with Crippen LogP contribution in [0.3, 0.4) is 0 Å². The van der Waals surface area contributed by atoms with Gasteiger partial charge < -0.3 is 10.0 Å². The molecule has 5 nitrogen and oxygen atoms in total. The zero-order valence-corrected chi connectivity index (χ0v) is 16.4. The summed E-state index contributed by atoms with van der Waals surface area (Å²) in [5.41, 5.74) is 2.47. The van der Waals surface area contributed by atoms with Crippen molar-refractivity contribution < 1.29 is 14.7 Å². The number of likely N-dealkylation sites (tertiary alicyclic amines) is 1. The van der Waals surface area contributed by atoms with Crippen LogP contribution in [0.4, 0.5) is 0 Å². The summed E-state index contributed by atoms with van der Waals surface area (Å²) < 4.78 is 0. The lowest BCUT2D eigenvalue weighted by molar-refractivity contribution is -0.128. The molecule has 1 aliphatic heterocycles. The minimum absolute atomic E-state index is 0.163. The van der Waals surface area contributed by atoms with Crippen LogP contribution in [0.1, 0.15) is 68.3 Å². The molecule has 27 heavy (non-hydrogen) atoms. The molecule has 1 aromatic rings. The number of amides is 1. The van der Waals surface area contributed by atoms with Crippen molar-refractivity contribution in [2.24, 2.45) is 0 Å². The fraction of sp³-hybridized carbons (Fsp3) is 0.500. The van der Waals surface area contributed by atoms with Crippen LogP contribution < -0.4 is 0 Å². The summed E-state index contributed by atoms with van der Waals surface area (Å²) in [6.07, 6.45) is 15.9. The first-order valence-corrected chi connectivity index (χ1v) is 9.82. The van der Waals surface area contributed by atoms with Crippen molar-refractivity contribution in [1.82, 2.24) is 9.88 Å². The molecule has 1 atom stereocenters. The molecule has 0 saturated carbocycles. The van der Waals surface area contributed by atoms with Gasteiger partial charge >= 0.3 is 5.97 Å². The third-order valence-electron chi connectivity index (χ3n) is 4.92. The maximum Gasteiger partial charge on any atom is 0.337 e. The molecule has 1 amide bonds. The van der Waals surface area contributed by atoms with E-state index in [4.69, 9.17) is 5.11 Å². The summed E-state index contributed by atoms with van der Waals surface area (Å²) in [5, 5.41) is 9.04. The normalized spacial score (nSPS) is 17.9. The second kappa shape index (κ2) is 10.7. The molecule has 2 rings (SSSR count). The van der Waals surface area contributed by atoms with E-state index in [0.717, 1.165) is 24.8 Å². The molecule has 0 unspecified atom stereocenters. The molecule has 146 valence electrons. The van der Waals surface area contributed by atoms with Crippen LogP contribution in [0.2, 0.25) is 0 Å². The Morgan fingerprint density at radius 3 is 2.93 bits per heavy atom. The number of aryl methyl sites for hydroxylation is 1. The van der Waals surface area contributed by atoms with Gasteiger partial charge in [-0.3, -0.25) is 9.78 Å². The van der Waals surface area contributed by atoms with Crippen molar-refractivity contribution in [3.63, 3.8) is 0 Å². The monoisotopic (exact) mass is 370 g/mol. The maximum absolute atomic E-state index is 12.2. The summed E-state index contributed by atoms with van der Waals surface area (Å²) in [6, 6.07) is 1.82. The van der Waals surface area contributed by atoms with E-state index in [1.807, 2.05) is 4.90 Å². The van der Waals surface area contributed by atoms with Gasteiger partial charge in [-0.15, -0.1) is 0 Å². The number of carboxylic acid groups (broad SMARTS) is 1. The van der Waals surface area contributed by atoms with Crippen LogP contribution in [0.25, 0.3) is 0 Å². The first-order chi connectivity index (χ1) is 13.0. The van der Waals surface area contributed by atoms with Crippen molar-refractivity contribution in [2.45, 2.75) is 64.8 Å². The van der Waals surface area contributed by atoms with E-state index in [2.05, 4.69) is 37.1 Å². The lowest BCUT2D eigenvalue weighted by Crippen LogP contribution is -2.32. The Labute approximate surface area is 161 Å². The highest BCUT2D eigenvalue weighted by atomic mass is 16.4. The summed E-state index contributed by atoms with van der Waals surface area (Å²) >= 11 is 0. The number of rotatable bonds is 10. The van der Waals surface area contributed by atoms with Crippen molar-refractivity contribution in [3.8, 4) is 0 Å². The third kappa shape index (κ3) is 6.66. The third-order valence-corrected chi connectivity index (χ3v) is 4.92. The Morgan fingerprint density at radius 2 is 2.19 bits per heavy atom. The Hall–Kier alpha value is -2.43. The first-order valence-electron chi connectivity index (χ1n) is 9.82. The number of carbonyl (C=O) groups is 2. The summed E-state index contributed by atoms with van der Waals surface area (Å²) in [6.45, 7) is 5.03. The molecule has 1 saturated heterocycles. The molecular weight excluding hydrogens is 340 g/mol. The molecule has 1 fully saturated rings. The minimum atomic E-state index is -0.966. The number of pyridine rings is 1. The highest BCUT2D eigenvalue weighted by Gasteiger charge is 2.28. The maximum atomic E-state index is 12.2. The second-order valence-electron chi connectivity index (χ2n) is 7.19. The standard InChI is InChI=1S/C22H30N2O3/c1-3-4-7-17(2)8-5-10-20-11-12-21(25)24(20)13-6-9-18-14-19(22(26)27)16-23-15-18/h5,8,10,14-16,20H,3-4,6-7,9,11-13H2,1-2H3,(H,26,27)/b10-5-,17-8+/t20-/m0/s1. The molecule has 0 radical (unpaired) electrons. The molecule has 1 N–H and O–H groups in total.